The van der Waals surface area contributed by atoms with Crippen LogP contribution >= 0.6 is 12.4 Å². The molecule has 0 bridgehead atoms. The zero-order valence-corrected chi connectivity index (χ0v) is 13.9. The van der Waals surface area contributed by atoms with Crippen LogP contribution in [0.25, 0.3) is 5.69 Å². The lowest BCUT2D eigenvalue weighted by atomic mass is 9.93. The molecule has 0 unspecified atom stereocenters. The van der Waals surface area contributed by atoms with Crippen molar-refractivity contribution in [2.45, 2.75) is 25.7 Å². The van der Waals surface area contributed by atoms with Crippen LogP contribution in [0.4, 0.5) is 5.69 Å². The number of hydrogen-bond acceptors (Lipinski definition) is 3. The number of rotatable bonds is 5. The fraction of sp³-hybridized carbons (Fsp3) is 0.412. The van der Waals surface area contributed by atoms with Crippen LogP contribution in [-0.2, 0) is 4.79 Å². The number of nitrogens with zero attached hydrogens (tertiary/aromatic N) is 2. The summed E-state index contributed by atoms with van der Waals surface area (Å²) in [4.78, 5) is 12.2. The van der Waals surface area contributed by atoms with Crippen LogP contribution in [0.15, 0.2) is 42.7 Å². The molecule has 0 saturated carbocycles. The number of benzene rings is 1. The van der Waals surface area contributed by atoms with Gasteiger partial charge in [-0.3, -0.25) is 4.79 Å². The number of nitrogens with one attached hydrogen (secondary N) is 2. The molecular weight excluding hydrogens is 312 g/mol. The summed E-state index contributed by atoms with van der Waals surface area (Å²) in [5.74, 6) is 0.756. The summed E-state index contributed by atoms with van der Waals surface area (Å²) in [5.41, 5.74) is 1.70. The van der Waals surface area contributed by atoms with Crippen LogP contribution in [-0.4, -0.2) is 28.8 Å². The molecule has 1 aromatic carbocycles. The Labute approximate surface area is 142 Å². The predicted octanol–water partition coefficient (Wildman–Crippen LogP) is 3.01. The Bertz CT molecular complexity index is 609. The number of piperidine rings is 1. The molecule has 2 aromatic rings. The van der Waals surface area contributed by atoms with E-state index in [1.165, 1.54) is 12.8 Å². The smallest absolute Gasteiger partial charge is 0.224 e. The van der Waals surface area contributed by atoms with E-state index in [-0.39, 0.29) is 18.3 Å². The normalized spacial score (nSPS) is 15.0. The van der Waals surface area contributed by atoms with Crippen molar-refractivity contribution in [3.8, 4) is 5.69 Å². The average Bonchev–Trinajstić information content (AvgIpc) is 3.09. The molecule has 0 aliphatic carbocycles. The second kappa shape index (κ2) is 8.70. The summed E-state index contributed by atoms with van der Waals surface area (Å²) in [7, 11) is 0. The molecule has 1 aliphatic heterocycles. The van der Waals surface area contributed by atoms with Crippen LogP contribution in [0.3, 0.4) is 0 Å². The van der Waals surface area contributed by atoms with E-state index in [0.717, 1.165) is 30.9 Å². The number of carbonyl (C=O) groups is 1. The van der Waals surface area contributed by atoms with Crippen molar-refractivity contribution in [2.75, 3.05) is 18.4 Å². The molecule has 1 fully saturated rings. The molecule has 1 aromatic heterocycles. The van der Waals surface area contributed by atoms with Gasteiger partial charge >= 0.3 is 0 Å². The molecule has 6 heteroatoms. The molecule has 2 heterocycles. The molecule has 23 heavy (non-hydrogen) atoms. The second-order valence-corrected chi connectivity index (χ2v) is 5.75. The van der Waals surface area contributed by atoms with Crippen LogP contribution < -0.4 is 10.6 Å². The first kappa shape index (κ1) is 17.5. The Hall–Kier alpha value is -1.85. The van der Waals surface area contributed by atoms with Gasteiger partial charge in [-0.25, -0.2) is 4.68 Å². The second-order valence-electron chi connectivity index (χ2n) is 5.75. The largest absolute Gasteiger partial charge is 0.324 e. The number of para-hydroxylation sites is 2. The summed E-state index contributed by atoms with van der Waals surface area (Å²) in [6, 6.07) is 9.61. The lowest BCUT2D eigenvalue weighted by molar-refractivity contribution is -0.116. The third kappa shape index (κ3) is 4.81. The highest BCUT2D eigenvalue weighted by molar-refractivity contribution is 5.92. The minimum atomic E-state index is 0. The number of amides is 1. The van der Waals surface area contributed by atoms with Gasteiger partial charge in [0.2, 0.25) is 5.91 Å². The number of hydrogen-bond donors (Lipinski definition) is 2. The average molecular weight is 335 g/mol. The van der Waals surface area contributed by atoms with Gasteiger partial charge in [0.25, 0.3) is 0 Å². The highest BCUT2D eigenvalue weighted by Gasteiger charge is 2.15. The zero-order valence-electron chi connectivity index (χ0n) is 13.1. The first-order valence-electron chi connectivity index (χ1n) is 7.92. The van der Waals surface area contributed by atoms with Crippen LogP contribution in [0.1, 0.15) is 25.7 Å². The summed E-state index contributed by atoms with van der Waals surface area (Å²) in [6.45, 7) is 2.16. The maximum Gasteiger partial charge on any atom is 0.224 e. The molecule has 124 valence electrons. The highest BCUT2D eigenvalue weighted by Crippen LogP contribution is 2.21. The van der Waals surface area contributed by atoms with Gasteiger partial charge in [-0.1, -0.05) is 12.1 Å². The monoisotopic (exact) mass is 334 g/mol. The van der Waals surface area contributed by atoms with Gasteiger partial charge in [-0.15, -0.1) is 12.4 Å². The standard InChI is InChI=1S/C17H22N4O.ClH/c22-17(7-6-14-8-11-18-12-9-14)20-15-4-1-2-5-16(15)21-13-3-10-19-21;/h1-5,10,13-14,18H,6-9,11-12H2,(H,20,22);1H. The maximum atomic E-state index is 12.2. The van der Waals surface area contributed by atoms with Crippen molar-refractivity contribution >= 4 is 24.0 Å². The molecule has 2 N–H and O–H groups in total. The summed E-state index contributed by atoms with van der Waals surface area (Å²) in [5, 5.41) is 10.6. The number of halogens is 1. The van der Waals surface area contributed by atoms with E-state index in [2.05, 4.69) is 15.7 Å². The molecule has 1 aliphatic rings. The Morgan fingerprint density at radius 3 is 2.78 bits per heavy atom. The highest BCUT2D eigenvalue weighted by atomic mass is 35.5. The molecule has 0 spiro atoms. The van der Waals surface area contributed by atoms with E-state index < -0.39 is 0 Å². The van der Waals surface area contributed by atoms with Crippen molar-refractivity contribution in [1.82, 2.24) is 15.1 Å². The molecular formula is C17H23ClN4O. The fourth-order valence-corrected chi connectivity index (χ4v) is 2.91. The van der Waals surface area contributed by atoms with Crippen molar-refractivity contribution in [3.05, 3.63) is 42.7 Å². The Morgan fingerprint density at radius 1 is 1.26 bits per heavy atom. The summed E-state index contributed by atoms with van der Waals surface area (Å²) >= 11 is 0. The molecule has 3 rings (SSSR count). The van der Waals surface area contributed by atoms with Gasteiger partial charge in [0.05, 0.1) is 11.4 Å². The molecule has 5 nitrogen and oxygen atoms in total. The molecule has 1 saturated heterocycles. The third-order valence-corrected chi connectivity index (χ3v) is 4.17. The summed E-state index contributed by atoms with van der Waals surface area (Å²) in [6.07, 6.45) is 7.51. The lowest BCUT2D eigenvalue weighted by Gasteiger charge is -2.22. The van der Waals surface area contributed by atoms with Crippen molar-refractivity contribution in [3.63, 3.8) is 0 Å². The van der Waals surface area contributed by atoms with Crippen molar-refractivity contribution < 1.29 is 4.79 Å². The third-order valence-electron chi connectivity index (χ3n) is 4.17. The van der Waals surface area contributed by atoms with Crippen LogP contribution in [0.5, 0.6) is 0 Å². The van der Waals surface area contributed by atoms with Gasteiger partial charge in [0.1, 0.15) is 0 Å². The Balaban J connectivity index is 0.00000192. The van der Waals surface area contributed by atoms with E-state index >= 15 is 0 Å². The lowest BCUT2D eigenvalue weighted by Crippen LogP contribution is -2.28. The van der Waals surface area contributed by atoms with Crippen molar-refractivity contribution in [2.24, 2.45) is 5.92 Å². The fourth-order valence-electron chi connectivity index (χ4n) is 2.91. The number of carbonyl (C=O) groups excluding carboxylic acids is 1. The number of aromatic nitrogens is 2. The van der Waals surface area contributed by atoms with Crippen LogP contribution in [0.2, 0.25) is 0 Å². The van der Waals surface area contributed by atoms with Gasteiger partial charge in [-0.2, -0.15) is 5.10 Å². The number of anilines is 1. The van der Waals surface area contributed by atoms with Crippen molar-refractivity contribution in [1.29, 1.82) is 0 Å². The topological polar surface area (TPSA) is 59.0 Å². The summed E-state index contributed by atoms with van der Waals surface area (Å²) < 4.78 is 1.77. The van der Waals surface area contributed by atoms with E-state index in [1.807, 2.05) is 36.5 Å². The van der Waals surface area contributed by atoms with E-state index in [4.69, 9.17) is 0 Å². The van der Waals surface area contributed by atoms with E-state index in [9.17, 15) is 4.79 Å². The van der Waals surface area contributed by atoms with E-state index in [1.54, 1.807) is 10.9 Å². The quantitative estimate of drug-likeness (QED) is 0.883. The maximum absolute atomic E-state index is 12.2. The SMILES string of the molecule is Cl.O=C(CCC1CCNCC1)Nc1ccccc1-n1cccn1. The van der Waals surface area contributed by atoms with Gasteiger partial charge in [0, 0.05) is 18.8 Å². The zero-order chi connectivity index (χ0) is 15.2. The van der Waals surface area contributed by atoms with Gasteiger partial charge in [0.15, 0.2) is 0 Å². The molecule has 0 radical (unpaired) electrons. The van der Waals surface area contributed by atoms with Gasteiger partial charge in [-0.05, 0) is 56.5 Å². The molecule has 0 atom stereocenters. The van der Waals surface area contributed by atoms with Gasteiger partial charge < -0.3 is 10.6 Å². The predicted molar refractivity (Wildman–Crippen MR) is 94.3 cm³/mol. The Morgan fingerprint density at radius 2 is 2.04 bits per heavy atom. The minimum absolute atomic E-state index is 0. The van der Waals surface area contributed by atoms with E-state index in [0.29, 0.717) is 12.3 Å². The first-order chi connectivity index (χ1) is 10.8. The minimum Gasteiger partial charge on any atom is -0.324 e. The molecule has 1 amide bonds. The first-order valence-corrected chi connectivity index (χ1v) is 7.92. The van der Waals surface area contributed by atoms with Crippen LogP contribution in [0, 0.1) is 5.92 Å². The Kier molecular flexibility index (Phi) is 6.62.